The predicted molar refractivity (Wildman–Crippen MR) is 108 cm³/mol. The number of benzene rings is 2. The summed E-state index contributed by atoms with van der Waals surface area (Å²) in [6.07, 6.45) is 0. The summed E-state index contributed by atoms with van der Waals surface area (Å²) >= 11 is 0. The summed E-state index contributed by atoms with van der Waals surface area (Å²) < 4.78 is 11.2. The third kappa shape index (κ3) is 4.46. The van der Waals surface area contributed by atoms with Crippen molar-refractivity contribution in [2.24, 2.45) is 0 Å². The zero-order chi connectivity index (χ0) is 19.3. The monoisotopic (exact) mass is 381 g/mol. The summed E-state index contributed by atoms with van der Waals surface area (Å²) in [6.45, 7) is 6.92. The van der Waals surface area contributed by atoms with Crippen LogP contribution in [0.3, 0.4) is 0 Å². The SMILES string of the molecule is CN1CCN(Cc2ccc(CNC(=O)c3cccc4c3OCCO4)cc2)CC1. The summed E-state index contributed by atoms with van der Waals surface area (Å²) in [6, 6.07) is 13.9. The van der Waals surface area contributed by atoms with Crippen LogP contribution in [0.25, 0.3) is 0 Å². The van der Waals surface area contributed by atoms with Crippen LogP contribution >= 0.6 is 0 Å². The standard InChI is InChI=1S/C22H27N3O3/c1-24-9-11-25(12-10-24)16-18-7-5-17(6-8-18)15-23-22(26)19-3-2-4-20-21(19)28-14-13-27-20/h2-8H,9-16H2,1H3,(H,23,26). The number of piperazine rings is 1. The maximum Gasteiger partial charge on any atom is 0.255 e. The van der Waals surface area contributed by atoms with E-state index in [1.54, 1.807) is 6.07 Å². The topological polar surface area (TPSA) is 54.0 Å². The number of fused-ring (bicyclic) bond motifs is 1. The van der Waals surface area contributed by atoms with E-state index in [1.807, 2.05) is 12.1 Å². The van der Waals surface area contributed by atoms with Gasteiger partial charge in [0.15, 0.2) is 11.5 Å². The van der Waals surface area contributed by atoms with E-state index >= 15 is 0 Å². The third-order valence-electron chi connectivity index (χ3n) is 5.29. The molecule has 1 amide bonds. The van der Waals surface area contributed by atoms with Crippen LogP contribution in [0.1, 0.15) is 21.5 Å². The maximum atomic E-state index is 12.6. The molecule has 1 fully saturated rings. The Morgan fingerprint density at radius 1 is 0.964 bits per heavy atom. The van der Waals surface area contributed by atoms with Crippen LogP contribution in [0.15, 0.2) is 42.5 Å². The van der Waals surface area contributed by atoms with Crippen molar-refractivity contribution in [3.63, 3.8) is 0 Å². The van der Waals surface area contributed by atoms with Crippen LogP contribution in [-0.2, 0) is 13.1 Å². The second-order valence-corrected chi connectivity index (χ2v) is 7.41. The molecule has 2 heterocycles. The molecule has 2 aromatic rings. The van der Waals surface area contributed by atoms with E-state index in [-0.39, 0.29) is 5.91 Å². The second-order valence-electron chi connectivity index (χ2n) is 7.41. The van der Waals surface area contributed by atoms with E-state index in [0.29, 0.717) is 36.8 Å². The molecular formula is C22H27N3O3. The minimum absolute atomic E-state index is 0.149. The molecule has 148 valence electrons. The molecule has 2 aliphatic rings. The minimum Gasteiger partial charge on any atom is -0.486 e. The number of nitrogens with zero attached hydrogens (tertiary/aromatic N) is 2. The molecule has 1 saturated heterocycles. The Labute approximate surface area is 166 Å². The van der Waals surface area contributed by atoms with Crippen molar-refractivity contribution in [1.29, 1.82) is 0 Å². The molecular weight excluding hydrogens is 354 g/mol. The van der Waals surface area contributed by atoms with E-state index in [1.165, 1.54) is 5.56 Å². The molecule has 0 aromatic heterocycles. The van der Waals surface area contributed by atoms with Crippen LogP contribution in [-0.4, -0.2) is 62.1 Å². The van der Waals surface area contributed by atoms with Crippen LogP contribution in [0.2, 0.25) is 0 Å². The highest BCUT2D eigenvalue weighted by molar-refractivity contribution is 5.97. The number of rotatable bonds is 5. The number of amides is 1. The second kappa shape index (κ2) is 8.63. The van der Waals surface area contributed by atoms with Gasteiger partial charge in [-0.1, -0.05) is 30.3 Å². The van der Waals surface area contributed by atoms with Gasteiger partial charge in [-0.25, -0.2) is 0 Å². The lowest BCUT2D eigenvalue weighted by Gasteiger charge is -2.32. The lowest BCUT2D eigenvalue weighted by molar-refractivity contribution is 0.0940. The smallest absolute Gasteiger partial charge is 0.255 e. The average Bonchev–Trinajstić information content (AvgIpc) is 2.74. The molecule has 6 heteroatoms. The quantitative estimate of drug-likeness (QED) is 0.860. The number of para-hydroxylation sites is 1. The average molecular weight is 381 g/mol. The first-order chi connectivity index (χ1) is 13.7. The first-order valence-corrected chi connectivity index (χ1v) is 9.84. The molecule has 2 aromatic carbocycles. The summed E-state index contributed by atoms with van der Waals surface area (Å²) in [7, 11) is 2.17. The predicted octanol–water partition coefficient (Wildman–Crippen LogP) is 2.14. The Bertz CT molecular complexity index is 814. The van der Waals surface area contributed by atoms with Crippen molar-refractivity contribution in [1.82, 2.24) is 15.1 Å². The van der Waals surface area contributed by atoms with Gasteiger partial charge in [0.2, 0.25) is 0 Å². The van der Waals surface area contributed by atoms with Crippen molar-refractivity contribution in [3.8, 4) is 11.5 Å². The molecule has 2 aliphatic heterocycles. The van der Waals surface area contributed by atoms with E-state index in [9.17, 15) is 4.79 Å². The molecule has 0 saturated carbocycles. The normalized spacial score (nSPS) is 17.3. The van der Waals surface area contributed by atoms with Crippen LogP contribution in [0.4, 0.5) is 0 Å². The number of carbonyl (C=O) groups excluding carboxylic acids is 1. The fourth-order valence-corrected chi connectivity index (χ4v) is 3.56. The Balaban J connectivity index is 1.32. The molecule has 4 rings (SSSR count). The van der Waals surface area contributed by atoms with Gasteiger partial charge in [0.05, 0.1) is 5.56 Å². The first-order valence-electron chi connectivity index (χ1n) is 9.84. The molecule has 0 spiro atoms. The lowest BCUT2D eigenvalue weighted by atomic mass is 10.1. The Morgan fingerprint density at radius 2 is 1.68 bits per heavy atom. The van der Waals surface area contributed by atoms with Gasteiger partial charge in [-0.3, -0.25) is 9.69 Å². The van der Waals surface area contributed by atoms with Gasteiger partial charge in [0.1, 0.15) is 13.2 Å². The molecule has 0 radical (unpaired) electrons. The van der Waals surface area contributed by atoms with Crippen LogP contribution in [0, 0.1) is 0 Å². The van der Waals surface area contributed by atoms with E-state index in [4.69, 9.17) is 9.47 Å². The number of ether oxygens (including phenoxy) is 2. The first kappa shape index (κ1) is 18.8. The van der Waals surface area contributed by atoms with E-state index in [2.05, 4.69) is 46.4 Å². The van der Waals surface area contributed by atoms with Gasteiger partial charge in [-0.15, -0.1) is 0 Å². The van der Waals surface area contributed by atoms with Gasteiger partial charge in [0, 0.05) is 39.3 Å². The molecule has 28 heavy (non-hydrogen) atoms. The molecule has 0 unspecified atom stereocenters. The number of carbonyl (C=O) groups is 1. The fraction of sp³-hybridized carbons (Fsp3) is 0.409. The highest BCUT2D eigenvalue weighted by Gasteiger charge is 2.20. The van der Waals surface area contributed by atoms with E-state index in [0.717, 1.165) is 38.3 Å². The van der Waals surface area contributed by atoms with Gasteiger partial charge in [0.25, 0.3) is 5.91 Å². The van der Waals surface area contributed by atoms with Crippen molar-refractivity contribution in [2.45, 2.75) is 13.1 Å². The van der Waals surface area contributed by atoms with Gasteiger partial charge >= 0.3 is 0 Å². The van der Waals surface area contributed by atoms with Gasteiger partial charge in [-0.05, 0) is 30.3 Å². The van der Waals surface area contributed by atoms with Gasteiger partial charge in [-0.2, -0.15) is 0 Å². The Hall–Kier alpha value is -2.57. The van der Waals surface area contributed by atoms with E-state index < -0.39 is 0 Å². The zero-order valence-electron chi connectivity index (χ0n) is 16.3. The van der Waals surface area contributed by atoms with Crippen molar-refractivity contribution in [2.75, 3.05) is 46.4 Å². The Morgan fingerprint density at radius 3 is 2.46 bits per heavy atom. The number of hydrogen-bond donors (Lipinski definition) is 1. The minimum atomic E-state index is -0.149. The highest BCUT2D eigenvalue weighted by atomic mass is 16.6. The molecule has 6 nitrogen and oxygen atoms in total. The molecule has 0 bridgehead atoms. The van der Waals surface area contributed by atoms with Crippen LogP contribution in [0.5, 0.6) is 11.5 Å². The van der Waals surface area contributed by atoms with Crippen LogP contribution < -0.4 is 14.8 Å². The largest absolute Gasteiger partial charge is 0.486 e. The van der Waals surface area contributed by atoms with Crippen molar-refractivity contribution >= 4 is 5.91 Å². The summed E-state index contributed by atoms with van der Waals surface area (Å²) in [4.78, 5) is 17.4. The van der Waals surface area contributed by atoms with Crippen molar-refractivity contribution < 1.29 is 14.3 Å². The third-order valence-corrected chi connectivity index (χ3v) is 5.29. The number of nitrogens with one attached hydrogen (secondary N) is 1. The summed E-state index contributed by atoms with van der Waals surface area (Å²) in [5.41, 5.74) is 2.91. The summed E-state index contributed by atoms with van der Waals surface area (Å²) in [5.74, 6) is 1.02. The molecule has 0 atom stereocenters. The van der Waals surface area contributed by atoms with Gasteiger partial charge < -0.3 is 19.7 Å². The van der Waals surface area contributed by atoms with Crippen molar-refractivity contribution in [3.05, 3.63) is 59.2 Å². The lowest BCUT2D eigenvalue weighted by Crippen LogP contribution is -2.43. The number of hydrogen-bond acceptors (Lipinski definition) is 5. The zero-order valence-corrected chi connectivity index (χ0v) is 16.3. The fourth-order valence-electron chi connectivity index (χ4n) is 3.56. The summed E-state index contributed by atoms with van der Waals surface area (Å²) in [5, 5.41) is 2.98. The highest BCUT2D eigenvalue weighted by Crippen LogP contribution is 2.33. The maximum absolute atomic E-state index is 12.6. The molecule has 1 N–H and O–H groups in total. The number of likely N-dealkylation sites (N-methyl/N-ethyl adjacent to an activating group) is 1. The Kier molecular flexibility index (Phi) is 5.78. The molecule has 0 aliphatic carbocycles.